The van der Waals surface area contributed by atoms with Crippen LogP contribution in [-0.4, -0.2) is 24.5 Å². The number of nitro groups is 1. The molecule has 0 saturated carbocycles. The zero-order valence-electron chi connectivity index (χ0n) is 13.3. The molecule has 0 saturated heterocycles. The number of hydrogen-bond donors (Lipinski definition) is 1. The Kier molecular flexibility index (Phi) is 5.89. The van der Waals surface area contributed by atoms with Crippen molar-refractivity contribution >= 4 is 23.2 Å². The lowest BCUT2D eigenvalue weighted by molar-refractivity contribution is -0.385. The van der Waals surface area contributed by atoms with Crippen molar-refractivity contribution in [2.75, 3.05) is 13.7 Å². The first-order valence-corrected chi connectivity index (χ1v) is 7.63. The summed E-state index contributed by atoms with van der Waals surface area (Å²) in [5.74, 6) is -0.398. The van der Waals surface area contributed by atoms with Crippen molar-refractivity contribution in [1.29, 1.82) is 0 Å². The molecular formula is C17H17ClN2O4. The molecule has 0 spiro atoms. The Labute approximate surface area is 144 Å². The van der Waals surface area contributed by atoms with E-state index in [-0.39, 0.29) is 17.8 Å². The fourth-order valence-corrected chi connectivity index (χ4v) is 2.66. The highest BCUT2D eigenvalue weighted by Gasteiger charge is 2.20. The smallest absolute Gasteiger partial charge is 0.273 e. The first-order valence-electron chi connectivity index (χ1n) is 7.25. The summed E-state index contributed by atoms with van der Waals surface area (Å²) in [5, 5.41) is 14.3. The second-order valence-electron chi connectivity index (χ2n) is 5.16. The van der Waals surface area contributed by atoms with Gasteiger partial charge in [0.1, 0.15) is 6.10 Å². The van der Waals surface area contributed by atoms with E-state index in [9.17, 15) is 14.9 Å². The lowest BCUT2D eigenvalue weighted by atomic mass is 10.1. The van der Waals surface area contributed by atoms with Gasteiger partial charge >= 0.3 is 0 Å². The van der Waals surface area contributed by atoms with Gasteiger partial charge in [0.05, 0.1) is 4.92 Å². The maximum absolute atomic E-state index is 12.4. The molecule has 7 heteroatoms. The zero-order chi connectivity index (χ0) is 17.7. The fourth-order valence-electron chi connectivity index (χ4n) is 2.40. The molecule has 0 aliphatic rings. The van der Waals surface area contributed by atoms with Gasteiger partial charge in [-0.25, -0.2) is 0 Å². The van der Waals surface area contributed by atoms with Gasteiger partial charge in [-0.2, -0.15) is 0 Å². The van der Waals surface area contributed by atoms with Gasteiger partial charge in [-0.1, -0.05) is 35.9 Å². The minimum Gasteiger partial charge on any atom is -0.375 e. The summed E-state index contributed by atoms with van der Waals surface area (Å²) in [5.41, 5.74) is 1.26. The quantitative estimate of drug-likeness (QED) is 0.637. The topological polar surface area (TPSA) is 81.5 Å². The first-order chi connectivity index (χ1) is 11.5. The van der Waals surface area contributed by atoms with Crippen molar-refractivity contribution in [2.45, 2.75) is 13.0 Å². The summed E-state index contributed by atoms with van der Waals surface area (Å²) in [4.78, 5) is 22.8. The molecule has 0 aliphatic carbocycles. The highest BCUT2D eigenvalue weighted by molar-refractivity contribution is 6.31. The van der Waals surface area contributed by atoms with Crippen molar-refractivity contribution < 1.29 is 14.5 Å². The maximum Gasteiger partial charge on any atom is 0.273 e. The third kappa shape index (κ3) is 3.90. The van der Waals surface area contributed by atoms with Crippen molar-refractivity contribution in [3.63, 3.8) is 0 Å². The number of methoxy groups -OCH3 is 1. The van der Waals surface area contributed by atoms with Crippen LogP contribution in [0.25, 0.3) is 0 Å². The van der Waals surface area contributed by atoms with E-state index >= 15 is 0 Å². The first kappa shape index (κ1) is 17.9. The van der Waals surface area contributed by atoms with E-state index in [1.54, 1.807) is 19.1 Å². The van der Waals surface area contributed by atoms with E-state index < -0.39 is 16.9 Å². The van der Waals surface area contributed by atoms with Crippen LogP contribution in [0.15, 0.2) is 42.5 Å². The van der Waals surface area contributed by atoms with E-state index in [0.29, 0.717) is 10.6 Å². The number of carbonyl (C=O) groups is 1. The third-order valence-electron chi connectivity index (χ3n) is 3.73. The molecule has 2 aromatic rings. The van der Waals surface area contributed by atoms with E-state index in [2.05, 4.69) is 5.32 Å². The Morgan fingerprint density at radius 3 is 2.62 bits per heavy atom. The summed E-state index contributed by atoms with van der Waals surface area (Å²) in [7, 11) is 1.53. The van der Waals surface area contributed by atoms with Gasteiger partial charge in [-0.3, -0.25) is 14.9 Å². The molecule has 1 atom stereocenters. The molecule has 126 valence electrons. The van der Waals surface area contributed by atoms with Crippen LogP contribution in [0.2, 0.25) is 5.02 Å². The molecule has 0 aromatic heterocycles. The van der Waals surface area contributed by atoms with Gasteiger partial charge in [-0.15, -0.1) is 0 Å². The average Bonchev–Trinajstić information content (AvgIpc) is 2.56. The van der Waals surface area contributed by atoms with E-state index in [0.717, 1.165) is 5.56 Å². The summed E-state index contributed by atoms with van der Waals surface area (Å²) in [6, 6.07) is 11.6. The number of ether oxygens (including phenoxy) is 1. The molecule has 24 heavy (non-hydrogen) atoms. The Balaban J connectivity index is 2.14. The number of amides is 1. The Morgan fingerprint density at radius 2 is 2.00 bits per heavy atom. The molecule has 0 fully saturated rings. The van der Waals surface area contributed by atoms with Crippen molar-refractivity contribution in [1.82, 2.24) is 5.32 Å². The molecule has 1 amide bonds. The van der Waals surface area contributed by atoms with Crippen LogP contribution >= 0.6 is 11.6 Å². The van der Waals surface area contributed by atoms with Crippen LogP contribution in [0.4, 0.5) is 5.69 Å². The lowest BCUT2D eigenvalue weighted by Gasteiger charge is -2.18. The van der Waals surface area contributed by atoms with Gasteiger partial charge in [0.25, 0.3) is 11.6 Å². The van der Waals surface area contributed by atoms with E-state index in [1.165, 1.54) is 19.2 Å². The van der Waals surface area contributed by atoms with E-state index in [4.69, 9.17) is 16.3 Å². The van der Waals surface area contributed by atoms with Gasteiger partial charge in [0, 0.05) is 41.4 Å². The maximum atomic E-state index is 12.4. The van der Waals surface area contributed by atoms with Crippen LogP contribution in [0.5, 0.6) is 0 Å². The standard InChI is InChI=1S/C17H17ClN2O4/c1-11-12(7-5-9-15(11)20(22)23)17(21)19-10-16(24-2)13-6-3-4-8-14(13)18/h3-9,16H,10H2,1-2H3,(H,19,21). The molecule has 2 rings (SSSR count). The lowest BCUT2D eigenvalue weighted by Crippen LogP contribution is -2.29. The Hall–Kier alpha value is -2.44. The molecule has 1 unspecified atom stereocenters. The predicted molar refractivity (Wildman–Crippen MR) is 91.4 cm³/mol. The summed E-state index contributed by atoms with van der Waals surface area (Å²) >= 11 is 6.14. The van der Waals surface area contributed by atoms with Gasteiger partial charge in [-0.05, 0) is 19.1 Å². The molecule has 1 N–H and O–H groups in total. The largest absolute Gasteiger partial charge is 0.375 e. The number of halogens is 1. The summed E-state index contributed by atoms with van der Waals surface area (Å²) in [6.45, 7) is 1.75. The number of nitro benzene ring substituents is 1. The number of carbonyl (C=O) groups excluding carboxylic acids is 1. The van der Waals surface area contributed by atoms with Crippen LogP contribution in [0, 0.1) is 17.0 Å². The molecule has 0 aliphatic heterocycles. The van der Waals surface area contributed by atoms with Crippen LogP contribution < -0.4 is 5.32 Å². The van der Waals surface area contributed by atoms with Crippen LogP contribution in [0.3, 0.4) is 0 Å². The second-order valence-corrected chi connectivity index (χ2v) is 5.57. The number of benzene rings is 2. The highest BCUT2D eigenvalue weighted by Crippen LogP contribution is 2.25. The molecular weight excluding hydrogens is 332 g/mol. The molecule has 6 nitrogen and oxygen atoms in total. The van der Waals surface area contributed by atoms with Crippen LogP contribution in [0.1, 0.15) is 27.6 Å². The summed E-state index contributed by atoms with van der Waals surface area (Å²) in [6.07, 6.45) is -0.415. The minimum atomic E-state index is -0.506. The second kappa shape index (κ2) is 7.90. The average molecular weight is 349 g/mol. The Bertz CT molecular complexity index is 764. The van der Waals surface area contributed by atoms with Gasteiger partial charge in [0.15, 0.2) is 0 Å². The number of hydrogen-bond acceptors (Lipinski definition) is 4. The van der Waals surface area contributed by atoms with E-state index in [1.807, 2.05) is 18.2 Å². The number of rotatable bonds is 6. The van der Waals surface area contributed by atoms with Crippen molar-refractivity contribution in [2.24, 2.45) is 0 Å². The molecule has 2 aromatic carbocycles. The highest BCUT2D eigenvalue weighted by atomic mass is 35.5. The fraction of sp³-hybridized carbons (Fsp3) is 0.235. The normalized spacial score (nSPS) is 11.8. The number of nitrogens with one attached hydrogen (secondary N) is 1. The molecule has 0 radical (unpaired) electrons. The Morgan fingerprint density at radius 1 is 1.29 bits per heavy atom. The predicted octanol–water partition coefficient (Wildman–Crippen LogP) is 3.67. The molecule has 0 bridgehead atoms. The molecule has 0 heterocycles. The summed E-state index contributed by atoms with van der Waals surface area (Å²) < 4.78 is 5.39. The van der Waals surface area contributed by atoms with Gasteiger partial charge in [0.2, 0.25) is 0 Å². The number of nitrogens with zero attached hydrogens (tertiary/aromatic N) is 1. The van der Waals surface area contributed by atoms with Crippen LogP contribution in [-0.2, 0) is 4.74 Å². The third-order valence-corrected chi connectivity index (χ3v) is 4.08. The minimum absolute atomic E-state index is 0.0861. The van der Waals surface area contributed by atoms with Gasteiger partial charge < -0.3 is 10.1 Å². The van der Waals surface area contributed by atoms with Crippen molar-refractivity contribution in [3.05, 3.63) is 74.3 Å². The zero-order valence-corrected chi connectivity index (χ0v) is 14.0. The monoisotopic (exact) mass is 348 g/mol. The SMILES string of the molecule is COC(CNC(=O)c1cccc([N+](=O)[O-])c1C)c1ccccc1Cl. The van der Waals surface area contributed by atoms with Crippen molar-refractivity contribution in [3.8, 4) is 0 Å².